The highest BCUT2D eigenvalue weighted by Crippen LogP contribution is 2.27. The molecule has 2 rings (SSSR count). The average Bonchev–Trinajstić information content (AvgIpc) is 3.06. The molecule has 0 saturated heterocycles. The minimum Gasteiger partial charge on any atom is -0.444 e. The maximum atomic E-state index is 11.7. The van der Waals surface area contributed by atoms with E-state index in [-0.39, 0.29) is 0 Å². The van der Waals surface area contributed by atoms with E-state index in [1.165, 1.54) is 0 Å². The van der Waals surface area contributed by atoms with Crippen molar-refractivity contribution < 1.29 is 14.3 Å². The van der Waals surface area contributed by atoms with Gasteiger partial charge in [0.1, 0.15) is 18.2 Å². The van der Waals surface area contributed by atoms with Crippen LogP contribution < -0.4 is 5.32 Å². The van der Waals surface area contributed by atoms with Crippen molar-refractivity contribution in [2.24, 2.45) is 0 Å². The Balaban J connectivity index is 2.02. The Morgan fingerprint density at radius 2 is 2.09 bits per heavy atom. The first kappa shape index (κ1) is 26.4. The monoisotopic (exact) mass is 520 g/mol. The van der Waals surface area contributed by atoms with E-state index >= 15 is 0 Å². The number of amides is 1. The van der Waals surface area contributed by atoms with Gasteiger partial charge in [0.25, 0.3) is 0 Å². The number of carbonyl (C=O) groups is 1. The highest BCUT2D eigenvalue weighted by molar-refractivity contribution is 9.10. The fourth-order valence-corrected chi connectivity index (χ4v) is 4.01. The fraction of sp³-hybridized carbons (Fsp3) is 0.500. The lowest BCUT2D eigenvalue weighted by Gasteiger charge is -2.18. The lowest BCUT2D eigenvalue weighted by atomic mass is 10.2. The number of alkyl carbamates (subject to hydrolysis) is 1. The molecule has 0 fully saturated rings. The van der Waals surface area contributed by atoms with E-state index in [0.29, 0.717) is 6.73 Å². The van der Waals surface area contributed by atoms with Gasteiger partial charge in [0, 0.05) is 43.5 Å². The van der Waals surface area contributed by atoms with Gasteiger partial charge in [0.05, 0.1) is 5.69 Å². The molecule has 0 aliphatic rings. The Kier molecular flexibility index (Phi) is 9.73. The van der Waals surface area contributed by atoms with Crippen molar-refractivity contribution >= 4 is 30.1 Å². The summed E-state index contributed by atoms with van der Waals surface area (Å²) in [7, 11) is -1.13. The summed E-state index contributed by atoms with van der Waals surface area (Å²) in [6.07, 6.45) is 6.55. The molecule has 32 heavy (non-hydrogen) atoms. The molecule has 0 atom stereocenters. The van der Waals surface area contributed by atoms with Crippen molar-refractivity contribution in [2.75, 3.05) is 6.61 Å². The van der Waals surface area contributed by atoms with E-state index in [2.05, 4.69) is 51.5 Å². The first-order valence-electron chi connectivity index (χ1n) is 10.9. The molecule has 6 nitrogen and oxygen atoms in total. The molecule has 175 valence electrons. The SMILES string of the molecule is CC(C)(C)OC(=O)NC=CCCc1nc(-c2cc[c]cc2Br)cn1COCC[Si](C)(C)C. The zero-order chi connectivity index (χ0) is 23.8. The Morgan fingerprint density at radius 1 is 1.34 bits per heavy atom. The van der Waals surface area contributed by atoms with Crippen molar-refractivity contribution in [1.29, 1.82) is 0 Å². The minimum atomic E-state index is -1.13. The summed E-state index contributed by atoms with van der Waals surface area (Å²) in [5.74, 6) is 0.939. The first-order valence-corrected chi connectivity index (χ1v) is 15.4. The van der Waals surface area contributed by atoms with Gasteiger partial charge in [-0.25, -0.2) is 9.78 Å². The van der Waals surface area contributed by atoms with Crippen molar-refractivity contribution in [3.8, 4) is 11.3 Å². The van der Waals surface area contributed by atoms with Crippen molar-refractivity contribution in [1.82, 2.24) is 14.9 Å². The largest absolute Gasteiger partial charge is 0.444 e. The number of hydrogen-bond acceptors (Lipinski definition) is 4. The number of nitrogens with one attached hydrogen (secondary N) is 1. The molecule has 0 aliphatic carbocycles. The molecule has 2 aromatic rings. The molecule has 0 aliphatic heterocycles. The Morgan fingerprint density at radius 3 is 2.75 bits per heavy atom. The molecule has 1 radical (unpaired) electrons. The molecule has 0 bridgehead atoms. The van der Waals surface area contributed by atoms with Crippen LogP contribution in [0.2, 0.25) is 25.7 Å². The topological polar surface area (TPSA) is 65.4 Å². The second-order valence-corrected chi connectivity index (χ2v) is 16.3. The van der Waals surface area contributed by atoms with E-state index in [9.17, 15) is 4.79 Å². The van der Waals surface area contributed by atoms with Crippen molar-refractivity contribution in [2.45, 2.75) is 71.6 Å². The zero-order valence-corrected chi connectivity index (χ0v) is 22.6. The van der Waals surface area contributed by atoms with Gasteiger partial charge in [0.15, 0.2) is 0 Å². The first-order chi connectivity index (χ1) is 14.9. The van der Waals surface area contributed by atoms with Crippen LogP contribution in [0.1, 0.15) is 33.0 Å². The number of ether oxygens (including phenoxy) is 2. The zero-order valence-electron chi connectivity index (χ0n) is 20.0. The maximum absolute atomic E-state index is 11.7. The summed E-state index contributed by atoms with van der Waals surface area (Å²) in [4.78, 5) is 16.6. The standard InChI is InChI=1S/C24H35BrN3O3Si/c1-24(2,3)31-23(29)26-14-10-9-13-22-27-21(19-11-7-8-12-20(19)25)17-28(22)18-30-15-16-32(4,5)6/h7,10-12,14,17H,9,13,15-16,18H2,1-6H3,(H,26,29). The van der Waals surface area contributed by atoms with Gasteiger partial charge in [-0.2, -0.15) is 0 Å². The number of imidazole rings is 1. The van der Waals surface area contributed by atoms with E-state index in [1.54, 1.807) is 6.20 Å². The summed E-state index contributed by atoms with van der Waals surface area (Å²) >= 11 is 3.59. The van der Waals surface area contributed by atoms with Crippen LogP contribution in [0.4, 0.5) is 4.79 Å². The lowest BCUT2D eigenvalue weighted by Crippen LogP contribution is -2.29. The van der Waals surface area contributed by atoms with Crippen LogP contribution in [0.3, 0.4) is 0 Å². The Labute approximate surface area is 201 Å². The molecule has 8 heteroatoms. The summed E-state index contributed by atoms with van der Waals surface area (Å²) in [6.45, 7) is 13.8. The number of allylic oxidation sites excluding steroid dienone is 1. The number of aryl methyl sites for hydroxylation is 1. The molecule has 1 N–H and O–H groups in total. The lowest BCUT2D eigenvalue weighted by molar-refractivity contribution is 0.0552. The predicted molar refractivity (Wildman–Crippen MR) is 135 cm³/mol. The van der Waals surface area contributed by atoms with E-state index < -0.39 is 19.8 Å². The third-order valence-electron chi connectivity index (χ3n) is 4.43. The highest BCUT2D eigenvalue weighted by Gasteiger charge is 2.15. The molecule has 1 heterocycles. The Bertz CT molecular complexity index is 914. The average molecular weight is 522 g/mol. The molecule has 1 aromatic carbocycles. The molecule has 1 amide bonds. The van der Waals surface area contributed by atoms with Crippen LogP contribution in [0.25, 0.3) is 11.3 Å². The number of nitrogens with zero attached hydrogens (tertiary/aromatic N) is 2. The Hall–Kier alpha value is -1.90. The van der Waals surface area contributed by atoms with Gasteiger partial charge in [-0.1, -0.05) is 53.8 Å². The molecular weight excluding hydrogens is 486 g/mol. The predicted octanol–water partition coefficient (Wildman–Crippen LogP) is 6.40. The summed E-state index contributed by atoms with van der Waals surface area (Å²) in [6, 6.07) is 9.96. The van der Waals surface area contributed by atoms with Gasteiger partial charge < -0.3 is 14.0 Å². The molecule has 0 saturated carbocycles. The van der Waals surface area contributed by atoms with Crippen LogP contribution in [0.15, 0.2) is 41.1 Å². The third kappa shape index (κ3) is 9.71. The van der Waals surface area contributed by atoms with Gasteiger partial charge in [0.2, 0.25) is 0 Å². The molecule has 0 spiro atoms. The number of halogens is 1. The third-order valence-corrected chi connectivity index (χ3v) is 6.79. The molecular formula is C24H35BrN3O3Si. The van der Waals surface area contributed by atoms with Crippen LogP contribution in [0, 0.1) is 6.07 Å². The quantitative estimate of drug-likeness (QED) is 0.290. The summed E-state index contributed by atoms with van der Waals surface area (Å²) in [5.41, 5.74) is 1.40. The maximum Gasteiger partial charge on any atom is 0.411 e. The van der Waals surface area contributed by atoms with Gasteiger partial charge in [-0.15, -0.1) is 0 Å². The van der Waals surface area contributed by atoms with Crippen LogP contribution in [-0.4, -0.2) is 35.9 Å². The van der Waals surface area contributed by atoms with E-state index in [4.69, 9.17) is 14.5 Å². The summed E-state index contributed by atoms with van der Waals surface area (Å²) < 4.78 is 14.2. The summed E-state index contributed by atoms with van der Waals surface area (Å²) in [5, 5.41) is 2.64. The second kappa shape index (κ2) is 11.8. The number of aromatic nitrogens is 2. The highest BCUT2D eigenvalue weighted by atomic mass is 79.9. The number of benzene rings is 1. The van der Waals surface area contributed by atoms with Crippen LogP contribution in [-0.2, 0) is 22.6 Å². The van der Waals surface area contributed by atoms with E-state index in [1.807, 2.05) is 51.2 Å². The fourth-order valence-electron chi connectivity index (χ4n) is 2.78. The number of rotatable bonds is 10. The van der Waals surface area contributed by atoms with Gasteiger partial charge >= 0.3 is 6.09 Å². The van der Waals surface area contributed by atoms with Crippen molar-refractivity contribution in [3.05, 3.63) is 53.0 Å². The van der Waals surface area contributed by atoms with Crippen LogP contribution in [0.5, 0.6) is 0 Å². The smallest absolute Gasteiger partial charge is 0.411 e. The number of carbonyl (C=O) groups excluding carboxylic acids is 1. The second-order valence-electron chi connectivity index (χ2n) is 9.85. The van der Waals surface area contributed by atoms with Crippen molar-refractivity contribution in [3.63, 3.8) is 0 Å². The van der Waals surface area contributed by atoms with Crippen LogP contribution >= 0.6 is 15.9 Å². The van der Waals surface area contributed by atoms with E-state index in [0.717, 1.165) is 47.0 Å². The minimum absolute atomic E-state index is 0.459. The number of hydrogen-bond donors (Lipinski definition) is 1. The van der Waals surface area contributed by atoms with Gasteiger partial charge in [-0.3, -0.25) is 5.32 Å². The normalized spacial score (nSPS) is 12.3. The molecule has 1 aromatic heterocycles. The molecule has 0 unspecified atom stereocenters. The van der Waals surface area contributed by atoms with Gasteiger partial charge in [-0.05, 0) is 45.4 Å².